The van der Waals surface area contributed by atoms with Crippen molar-refractivity contribution in [2.24, 2.45) is 0 Å². The van der Waals surface area contributed by atoms with Crippen LogP contribution in [0.5, 0.6) is 0 Å². The van der Waals surface area contributed by atoms with E-state index in [0.29, 0.717) is 39.0 Å². The highest BCUT2D eigenvalue weighted by Gasteiger charge is 2.18. The Hall–Kier alpha value is -2.08. The van der Waals surface area contributed by atoms with Gasteiger partial charge in [0.25, 0.3) is 0 Å². The molecule has 0 saturated heterocycles. The van der Waals surface area contributed by atoms with E-state index < -0.39 is 0 Å². The zero-order chi connectivity index (χ0) is 29.5. The highest BCUT2D eigenvalue weighted by Crippen LogP contribution is 2.13. The number of unbranched alkanes of at least 4 members (excludes halogenated alkanes) is 18. The first-order valence-corrected chi connectivity index (χ1v) is 16.9. The molecular formula is C34H62N4O2. The Morgan fingerprint density at radius 1 is 0.450 bits per heavy atom. The normalized spacial score (nSPS) is 10.7. The van der Waals surface area contributed by atoms with E-state index in [4.69, 9.17) is 10.5 Å². The predicted molar refractivity (Wildman–Crippen MR) is 167 cm³/mol. The van der Waals surface area contributed by atoms with Crippen molar-refractivity contribution in [3.05, 3.63) is 0 Å². The molecule has 0 radical (unpaired) electrons. The van der Waals surface area contributed by atoms with E-state index in [0.717, 1.165) is 25.7 Å². The van der Waals surface area contributed by atoms with E-state index in [1.165, 1.54) is 103 Å². The standard InChI is InChI=1S/C34H62N4O2/c1-3-5-7-9-11-13-15-17-19-21-29-37(31-23-27-35)33(39)25-26-34(40)38(32-24-28-36)30-22-20-18-16-14-12-10-8-6-4-2/h3-26,29-32H2,1-2H3. The van der Waals surface area contributed by atoms with Gasteiger partial charge in [0.1, 0.15) is 0 Å². The lowest BCUT2D eigenvalue weighted by Crippen LogP contribution is -2.36. The molecule has 0 unspecified atom stereocenters. The van der Waals surface area contributed by atoms with Crippen LogP contribution in [-0.2, 0) is 9.59 Å². The molecule has 6 heteroatoms. The summed E-state index contributed by atoms with van der Waals surface area (Å²) < 4.78 is 0. The fraction of sp³-hybridized carbons (Fsp3) is 0.882. The Morgan fingerprint density at radius 3 is 1.00 bits per heavy atom. The highest BCUT2D eigenvalue weighted by atomic mass is 16.2. The predicted octanol–water partition coefficient (Wildman–Crippen LogP) is 9.09. The van der Waals surface area contributed by atoms with Gasteiger partial charge in [0.15, 0.2) is 0 Å². The maximum atomic E-state index is 12.9. The summed E-state index contributed by atoms with van der Waals surface area (Å²) in [5, 5.41) is 18.1. The molecule has 0 aromatic heterocycles. The number of nitrogens with zero attached hydrogens (tertiary/aromatic N) is 4. The van der Waals surface area contributed by atoms with E-state index in [2.05, 4.69) is 26.0 Å². The molecule has 0 aromatic rings. The Kier molecular flexibility index (Phi) is 28.3. The van der Waals surface area contributed by atoms with E-state index in [-0.39, 0.29) is 24.7 Å². The minimum Gasteiger partial charge on any atom is -0.342 e. The summed E-state index contributed by atoms with van der Waals surface area (Å²) >= 11 is 0. The van der Waals surface area contributed by atoms with Gasteiger partial charge in [-0.2, -0.15) is 10.5 Å². The van der Waals surface area contributed by atoms with Crippen LogP contribution in [-0.4, -0.2) is 47.8 Å². The molecule has 0 aromatic carbocycles. The number of amides is 2. The zero-order valence-electron chi connectivity index (χ0n) is 26.4. The summed E-state index contributed by atoms with van der Waals surface area (Å²) in [6.45, 7) is 6.71. The van der Waals surface area contributed by atoms with Gasteiger partial charge in [-0.15, -0.1) is 0 Å². The largest absolute Gasteiger partial charge is 0.342 e. The van der Waals surface area contributed by atoms with Crippen LogP contribution < -0.4 is 0 Å². The monoisotopic (exact) mass is 558 g/mol. The van der Waals surface area contributed by atoms with Gasteiger partial charge in [-0.25, -0.2) is 0 Å². The van der Waals surface area contributed by atoms with Gasteiger partial charge in [-0.1, -0.05) is 129 Å². The number of carbonyl (C=O) groups excluding carboxylic acids is 2. The maximum Gasteiger partial charge on any atom is 0.223 e. The zero-order valence-corrected chi connectivity index (χ0v) is 26.4. The average molecular weight is 559 g/mol. The van der Waals surface area contributed by atoms with Gasteiger partial charge < -0.3 is 9.80 Å². The number of rotatable bonds is 29. The van der Waals surface area contributed by atoms with Crippen molar-refractivity contribution in [1.82, 2.24) is 9.80 Å². The van der Waals surface area contributed by atoms with Gasteiger partial charge in [0, 0.05) is 39.0 Å². The molecule has 0 fully saturated rings. The molecule has 0 aliphatic rings. The van der Waals surface area contributed by atoms with Crippen molar-refractivity contribution in [2.75, 3.05) is 26.2 Å². The number of nitriles is 2. The molecule has 0 heterocycles. The lowest BCUT2D eigenvalue weighted by Gasteiger charge is -2.24. The van der Waals surface area contributed by atoms with Crippen LogP contribution in [0.25, 0.3) is 0 Å². The Labute approximate surface area is 247 Å². The fourth-order valence-electron chi connectivity index (χ4n) is 5.20. The molecule has 0 N–H and O–H groups in total. The van der Waals surface area contributed by atoms with Crippen molar-refractivity contribution < 1.29 is 9.59 Å². The average Bonchev–Trinajstić information content (AvgIpc) is 2.96. The topological polar surface area (TPSA) is 88.2 Å². The molecule has 230 valence electrons. The molecule has 0 atom stereocenters. The quantitative estimate of drug-likeness (QED) is 0.0856. The summed E-state index contributed by atoms with van der Waals surface area (Å²) in [6.07, 6.45) is 25.9. The first-order valence-electron chi connectivity index (χ1n) is 16.9. The van der Waals surface area contributed by atoms with Crippen LogP contribution >= 0.6 is 0 Å². The third-order valence-electron chi connectivity index (χ3n) is 7.81. The number of carbonyl (C=O) groups is 2. The van der Waals surface area contributed by atoms with Crippen molar-refractivity contribution in [1.29, 1.82) is 10.5 Å². The van der Waals surface area contributed by atoms with Crippen molar-refractivity contribution in [2.45, 2.75) is 168 Å². The smallest absolute Gasteiger partial charge is 0.223 e. The van der Waals surface area contributed by atoms with E-state index in [1.54, 1.807) is 9.80 Å². The van der Waals surface area contributed by atoms with Crippen molar-refractivity contribution in [3.8, 4) is 12.1 Å². The van der Waals surface area contributed by atoms with Crippen LogP contribution in [0.1, 0.15) is 168 Å². The van der Waals surface area contributed by atoms with Crippen molar-refractivity contribution in [3.63, 3.8) is 0 Å². The molecule has 0 aliphatic carbocycles. The lowest BCUT2D eigenvalue weighted by molar-refractivity contribution is -0.137. The molecule has 0 saturated carbocycles. The van der Waals surface area contributed by atoms with Gasteiger partial charge in [0.05, 0.1) is 25.0 Å². The van der Waals surface area contributed by atoms with Crippen LogP contribution in [0.3, 0.4) is 0 Å². The molecule has 0 rings (SSSR count). The third-order valence-corrected chi connectivity index (χ3v) is 7.81. The summed E-state index contributed by atoms with van der Waals surface area (Å²) in [5.41, 5.74) is 0. The van der Waals surface area contributed by atoms with Crippen LogP contribution in [0.4, 0.5) is 0 Å². The van der Waals surface area contributed by atoms with Gasteiger partial charge in [0.2, 0.25) is 11.8 Å². The van der Waals surface area contributed by atoms with E-state index >= 15 is 0 Å². The second-order valence-corrected chi connectivity index (χ2v) is 11.4. The first-order chi connectivity index (χ1) is 19.6. The maximum absolute atomic E-state index is 12.9. The Morgan fingerprint density at radius 2 is 0.725 bits per heavy atom. The van der Waals surface area contributed by atoms with Gasteiger partial charge in [-0.05, 0) is 12.8 Å². The summed E-state index contributed by atoms with van der Waals surface area (Å²) in [7, 11) is 0. The minimum absolute atomic E-state index is 0.0290. The Bertz CT molecular complexity index is 624. The van der Waals surface area contributed by atoms with E-state index in [9.17, 15) is 9.59 Å². The second kappa shape index (κ2) is 29.9. The summed E-state index contributed by atoms with van der Waals surface area (Å²) in [4.78, 5) is 29.4. The fourth-order valence-corrected chi connectivity index (χ4v) is 5.20. The molecule has 40 heavy (non-hydrogen) atoms. The van der Waals surface area contributed by atoms with Gasteiger partial charge in [-0.3, -0.25) is 9.59 Å². The number of hydrogen-bond acceptors (Lipinski definition) is 4. The van der Waals surface area contributed by atoms with Crippen LogP contribution in [0.15, 0.2) is 0 Å². The van der Waals surface area contributed by atoms with E-state index in [1.807, 2.05) is 0 Å². The molecule has 0 aliphatic heterocycles. The first kappa shape index (κ1) is 37.9. The lowest BCUT2D eigenvalue weighted by atomic mass is 10.1. The molecule has 0 bridgehead atoms. The second-order valence-electron chi connectivity index (χ2n) is 11.4. The van der Waals surface area contributed by atoms with Crippen molar-refractivity contribution >= 4 is 11.8 Å². The third kappa shape index (κ3) is 23.8. The van der Waals surface area contributed by atoms with Gasteiger partial charge >= 0.3 is 0 Å². The Balaban J connectivity index is 4.31. The number of hydrogen-bond donors (Lipinski definition) is 0. The minimum atomic E-state index is -0.0290. The summed E-state index contributed by atoms with van der Waals surface area (Å²) in [6, 6.07) is 4.30. The molecule has 0 spiro atoms. The molecular weight excluding hydrogens is 496 g/mol. The highest BCUT2D eigenvalue weighted by molar-refractivity contribution is 5.83. The van der Waals surface area contributed by atoms with Crippen LogP contribution in [0, 0.1) is 22.7 Å². The van der Waals surface area contributed by atoms with Crippen LogP contribution in [0.2, 0.25) is 0 Å². The SMILES string of the molecule is CCCCCCCCCCCCN(CCC#N)C(=O)CCC(=O)N(CCC#N)CCCCCCCCCCCC. The summed E-state index contributed by atoms with van der Waals surface area (Å²) in [5.74, 6) is -0.0580. The molecule has 6 nitrogen and oxygen atoms in total. The molecule has 2 amide bonds.